The summed E-state index contributed by atoms with van der Waals surface area (Å²) in [4.78, 5) is 2.42. The van der Waals surface area contributed by atoms with Crippen molar-refractivity contribution < 1.29 is 17.5 Å². The molecule has 1 atom stereocenters. The Kier molecular flexibility index (Phi) is 6.76. The number of hydrogen-bond acceptors (Lipinski definition) is 4. The number of rotatable bonds is 5. The molecule has 2 rings (SSSR count). The molecule has 3 N–H and O–H groups in total. The molecule has 21 heavy (non-hydrogen) atoms. The smallest absolute Gasteiger partial charge is 0.293 e. The molecule has 0 saturated heterocycles. The number of aromatic amines is 1. The summed E-state index contributed by atoms with van der Waals surface area (Å²) in [7, 11) is -4.67. The summed E-state index contributed by atoms with van der Waals surface area (Å²) in [6.45, 7) is 9.49. The van der Waals surface area contributed by atoms with Gasteiger partial charge in [-0.25, -0.2) is 0 Å². The van der Waals surface area contributed by atoms with Gasteiger partial charge in [-0.2, -0.15) is 13.5 Å². The second kappa shape index (κ2) is 8.08. The van der Waals surface area contributed by atoms with Gasteiger partial charge in [-0.05, 0) is 18.4 Å². The Balaban J connectivity index is 0.000000383. The maximum atomic E-state index is 8.74. The van der Waals surface area contributed by atoms with E-state index in [2.05, 4.69) is 28.3 Å². The van der Waals surface area contributed by atoms with Gasteiger partial charge in [0, 0.05) is 31.2 Å². The van der Waals surface area contributed by atoms with Crippen LogP contribution < -0.4 is 0 Å². The van der Waals surface area contributed by atoms with Crippen molar-refractivity contribution in [3.63, 3.8) is 0 Å². The van der Waals surface area contributed by atoms with Crippen LogP contribution in [0.3, 0.4) is 0 Å². The minimum Gasteiger partial charge on any atom is -0.293 e. The molecule has 0 amide bonds. The summed E-state index contributed by atoms with van der Waals surface area (Å²) in [5, 5.41) is 7.20. The fourth-order valence-corrected chi connectivity index (χ4v) is 2.41. The first kappa shape index (κ1) is 17.6. The van der Waals surface area contributed by atoms with Crippen molar-refractivity contribution in [2.24, 2.45) is 0 Å². The van der Waals surface area contributed by atoms with Gasteiger partial charge < -0.3 is 0 Å². The molecular formula is C13H21N3O4S. The number of nitrogens with zero attached hydrogens (tertiary/aromatic N) is 2. The highest BCUT2D eigenvalue weighted by atomic mass is 32.3. The zero-order valence-electron chi connectivity index (χ0n) is 11.8. The van der Waals surface area contributed by atoms with Gasteiger partial charge in [-0.3, -0.25) is 19.1 Å². The van der Waals surface area contributed by atoms with Crippen LogP contribution in [0.5, 0.6) is 0 Å². The Morgan fingerprint density at radius 1 is 1.38 bits per heavy atom. The van der Waals surface area contributed by atoms with Crippen LogP contribution >= 0.6 is 0 Å². The molecule has 1 heterocycles. The van der Waals surface area contributed by atoms with Crippen molar-refractivity contribution in [1.82, 2.24) is 15.1 Å². The van der Waals surface area contributed by atoms with E-state index in [9.17, 15) is 0 Å². The predicted octanol–water partition coefficient (Wildman–Crippen LogP) is 1.29. The van der Waals surface area contributed by atoms with Gasteiger partial charge in [-0.15, -0.1) is 13.2 Å². The van der Waals surface area contributed by atoms with Gasteiger partial charge in [-0.1, -0.05) is 12.2 Å². The van der Waals surface area contributed by atoms with E-state index in [1.165, 1.54) is 17.7 Å². The van der Waals surface area contributed by atoms with E-state index < -0.39 is 10.4 Å². The SMILES string of the molecule is C=CCN(CC=C)C1CCc2cn[nH]c2C1.O=S(=O)(O)O. The van der Waals surface area contributed by atoms with E-state index in [0.717, 1.165) is 25.9 Å². The lowest BCUT2D eigenvalue weighted by atomic mass is 9.92. The molecule has 1 aliphatic rings. The molecule has 0 bridgehead atoms. The molecule has 118 valence electrons. The summed E-state index contributed by atoms with van der Waals surface area (Å²) in [5.41, 5.74) is 2.68. The Labute approximate surface area is 124 Å². The van der Waals surface area contributed by atoms with Crippen molar-refractivity contribution in [2.75, 3.05) is 13.1 Å². The highest BCUT2D eigenvalue weighted by molar-refractivity contribution is 7.79. The lowest BCUT2D eigenvalue weighted by Crippen LogP contribution is -2.39. The summed E-state index contributed by atoms with van der Waals surface area (Å²) < 4.78 is 31.6. The van der Waals surface area contributed by atoms with Crippen molar-refractivity contribution >= 4 is 10.4 Å². The van der Waals surface area contributed by atoms with Crippen molar-refractivity contribution in [3.8, 4) is 0 Å². The molecule has 0 aromatic carbocycles. The van der Waals surface area contributed by atoms with E-state index in [-0.39, 0.29) is 0 Å². The predicted molar refractivity (Wildman–Crippen MR) is 80.5 cm³/mol. The van der Waals surface area contributed by atoms with E-state index in [0.29, 0.717) is 6.04 Å². The first-order valence-electron chi connectivity index (χ1n) is 6.52. The average molecular weight is 315 g/mol. The maximum Gasteiger partial charge on any atom is 0.394 e. The number of nitrogens with one attached hydrogen (secondary N) is 1. The van der Waals surface area contributed by atoms with Crippen molar-refractivity contribution in [3.05, 3.63) is 42.8 Å². The number of aromatic nitrogens is 2. The first-order chi connectivity index (χ1) is 9.85. The maximum absolute atomic E-state index is 8.74. The van der Waals surface area contributed by atoms with Gasteiger partial charge in [0.2, 0.25) is 0 Å². The monoisotopic (exact) mass is 315 g/mol. The fourth-order valence-electron chi connectivity index (χ4n) is 2.41. The molecule has 0 radical (unpaired) electrons. The molecule has 1 unspecified atom stereocenters. The number of hydrogen-bond donors (Lipinski definition) is 3. The summed E-state index contributed by atoms with van der Waals surface area (Å²) in [6.07, 6.45) is 9.28. The van der Waals surface area contributed by atoms with E-state index >= 15 is 0 Å². The lowest BCUT2D eigenvalue weighted by molar-refractivity contribution is 0.218. The van der Waals surface area contributed by atoms with Crippen LogP contribution in [-0.4, -0.2) is 51.8 Å². The standard InChI is InChI=1S/C13H19N3.H2O4S/c1-3-7-16(8-4-2)12-6-5-11-10-14-15-13(11)9-12;1-5(2,3)4/h3-4,10,12H,1-2,5-9H2,(H,14,15);(H2,1,2,3,4). The minimum atomic E-state index is -4.67. The molecule has 1 aromatic heterocycles. The molecule has 7 nitrogen and oxygen atoms in total. The Morgan fingerprint density at radius 2 is 1.95 bits per heavy atom. The highest BCUT2D eigenvalue weighted by Gasteiger charge is 2.23. The number of aryl methyl sites for hydroxylation is 1. The molecule has 1 aliphatic carbocycles. The average Bonchev–Trinajstić information content (AvgIpc) is 2.83. The molecule has 1 aromatic rings. The molecule has 0 saturated carbocycles. The summed E-state index contributed by atoms with van der Waals surface area (Å²) in [5.74, 6) is 0. The third-order valence-corrected chi connectivity index (χ3v) is 3.24. The topological polar surface area (TPSA) is 107 Å². The highest BCUT2D eigenvalue weighted by Crippen LogP contribution is 2.22. The van der Waals surface area contributed by atoms with Gasteiger partial charge in [0.05, 0.1) is 6.20 Å². The summed E-state index contributed by atoms with van der Waals surface area (Å²) in [6, 6.07) is 0.587. The largest absolute Gasteiger partial charge is 0.394 e. The van der Waals surface area contributed by atoms with Crippen molar-refractivity contribution in [1.29, 1.82) is 0 Å². The molecule has 0 aliphatic heterocycles. The van der Waals surface area contributed by atoms with E-state index in [1.54, 1.807) is 0 Å². The van der Waals surface area contributed by atoms with Gasteiger partial charge in [0.25, 0.3) is 0 Å². The zero-order chi connectivity index (χ0) is 15.9. The van der Waals surface area contributed by atoms with Gasteiger partial charge in [0.1, 0.15) is 0 Å². The number of fused-ring (bicyclic) bond motifs is 1. The third-order valence-electron chi connectivity index (χ3n) is 3.24. The van der Waals surface area contributed by atoms with Crippen LogP contribution in [0.15, 0.2) is 31.5 Å². The second-order valence-corrected chi connectivity index (χ2v) is 5.65. The van der Waals surface area contributed by atoms with Crippen LogP contribution in [0, 0.1) is 0 Å². The van der Waals surface area contributed by atoms with Crippen LogP contribution in [0.25, 0.3) is 0 Å². The van der Waals surface area contributed by atoms with Gasteiger partial charge in [0.15, 0.2) is 0 Å². The van der Waals surface area contributed by atoms with Crippen LogP contribution in [0.4, 0.5) is 0 Å². The zero-order valence-corrected chi connectivity index (χ0v) is 12.6. The fraction of sp³-hybridized carbons (Fsp3) is 0.462. The van der Waals surface area contributed by atoms with Gasteiger partial charge >= 0.3 is 10.4 Å². The molecular weight excluding hydrogens is 294 g/mol. The summed E-state index contributed by atoms with van der Waals surface area (Å²) >= 11 is 0. The van der Waals surface area contributed by atoms with E-state index in [4.69, 9.17) is 17.5 Å². The molecule has 8 heteroatoms. The normalized spacial score (nSPS) is 17.6. The van der Waals surface area contributed by atoms with E-state index in [1.807, 2.05) is 18.3 Å². The first-order valence-corrected chi connectivity index (χ1v) is 7.91. The molecule has 0 spiro atoms. The van der Waals surface area contributed by atoms with Crippen molar-refractivity contribution in [2.45, 2.75) is 25.3 Å². The second-order valence-electron chi connectivity index (χ2n) is 4.75. The Hall–Kier alpha value is -1.48. The quantitative estimate of drug-likeness (QED) is 0.558. The van der Waals surface area contributed by atoms with Crippen LogP contribution in [-0.2, 0) is 23.2 Å². The van der Waals surface area contributed by atoms with Crippen LogP contribution in [0.1, 0.15) is 17.7 Å². The Morgan fingerprint density at radius 3 is 2.48 bits per heavy atom. The lowest BCUT2D eigenvalue weighted by Gasteiger charge is -2.32. The minimum absolute atomic E-state index is 0.587. The Bertz CT molecular complexity index is 550. The third kappa shape index (κ3) is 6.67. The van der Waals surface area contributed by atoms with Crippen LogP contribution in [0.2, 0.25) is 0 Å². The molecule has 0 fully saturated rings. The number of H-pyrrole nitrogens is 1.